The lowest BCUT2D eigenvalue weighted by atomic mass is 10.3. The molecule has 0 atom stereocenters. The van der Waals surface area contributed by atoms with Crippen molar-refractivity contribution >= 4 is 29.2 Å². The second-order valence-corrected chi connectivity index (χ2v) is 5.11. The molecular weight excluding hydrogens is 262 g/mol. The molecule has 2 aromatic rings. The quantitative estimate of drug-likeness (QED) is 0.740. The molecule has 0 unspecified atom stereocenters. The van der Waals surface area contributed by atoms with Crippen LogP contribution in [0, 0.1) is 13.8 Å². The van der Waals surface area contributed by atoms with Gasteiger partial charge in [-0.25, -0.2) is 4.98 Å². The van der Waals surface area contributed by atoms with E-state index in [0.29, 0.717) is 11.6 Å². The lowest BCUT2D eigenvalue weighted by Crippen LogP contribution is -2.15. The van der Waals surface area contributed by atoms with Crippen molar-refractivity contribution in [2.24, 2.45) is 0 Å². The summed E-state index contributed by atoms with van der Waals surface area (Å²) >= 11 is 1.41. The third-order valence-electron chi connectivity index (χ3n) is 2.52. The van der Waals surface area contributed by atoms with Gasteiger partial charge in [-0.15, -0.1) is 11.8 Å². The molecule has 7 heteroatoms. The van der Waals surface area contributed by atoms with Gasteiger partial charge in [0.05, 0.1) is 22.8 Å². The summed E-state index contributed by atoms with van der Waals surface area (Å²) < 4.78 is 0. The number of rotatable bonds is 4. The number of H-pyrrole nitrogens is 1. The molecule has 19 heavy (non-hydrogen) atoms. The summed E-state index contributed by atoms with van der Waals surface area (Å²) in [5.41, 5.74) is 7.88. The summed E-state index contributed by atoms with van der Waals surface area (Å²) in [5.74, 6) is 0.711. The zero-order valence-corrected chi connectivity index (χ0v) is 11.5. The van der Waals surface area contributed by atoms with Crippen molar-refractivity contribution < 1.29 is 4.79 Å². The van der Waals surface area contributed by atoms with Crippen LogP contribution in [-0.2, 0) is 4.79 Å². The SMILES string of the molecule is Cc1n[nH]c(C)c1NC(=O)CSc1ccc(N)nc1. The van der Waals surface area contributed by atoms with Crippen LogP contribution in [0.2, 0.25) is 0 Å². The Morgan fingerprint density at radius 1 is 1.47 bits per heavy atom. The molecule has 0 fully saturated rings. The first kappa shape index (κ1) is 13.4. The number of carbonyl (C=O) groups is 1. The van der Waals surface area contributed by atoms with E-state index >= 15 is 0 Å². The molecule has 0 aliphatic heterocycles. The molecule has 0 radical (unpaired) electrons. The topological polar surface area (TPSA) is 96.7 Å². The van der Waals surface area contributed by atoms with Crippen LogP contribution >= 0.6 is 11.8 Å². The van der Waals surface area contributed by atoms with Gasteiger partial charge in [0.1, 0.15) is 5.82 Å². The molecule has 2 rings (SSSR count). The molecule has 0 aromatic carbocycles. The van der Waals surface area contributed by atoms with Crippen molar-refractivity contribution in [1.82, 2.24) is 15.2 Å². The Hall–Kier alpha value is -2.02. The number of anilines is 2. The third kappa shape index (κ3) is 3.47. The average molecular weight is 277 g/mol. The number of nitrogens with one attached hydrogen (secondary N) is 2. The summed E-state index contributed by atoms with van der Waals surface area (Å²) in [6, 6.07) is 3.55. The molecule has 6 nitrogen and oxygen atoms in total. The number of aromatic amines is 1. The fourth-order valence-electron chi connectivity index (χ4n) is 1.54. The number of nitrogen functional groups attached to an aromatic ring is 1. The highest BCUT2D eigenvalue weighted by atomic mass is 32.2. The van der Waals surface area contributed by atoms with E-state index in [1.165, 1.54) is 11.8 Å². The molecule has 2 aromatic heterocycles. The zero-order valence-electron chi connectivity index (χ0n) is 10.7. The van der Waals surface area contributed by atoms with Crippen molar-refractivity contribution in [2.45, 2.75) is 18.7 Å². The number of hydrogen-bond donors (Lipinski definition) is 3. The Morgan fingerprint density at radius 3 is 2.84 bits per heavy atom. The lowest BCUT2D eigenvalue weighted by molar-refractivity contribution is -0.113. The Labute approximate surface area is 115 Å². The average Bonchev–Trinajstić information content (AvgIpc) is 2.70. The minimum absolute atomic E-state index is 0.0746. The first-order valence-corrected chi connectivity index (χ1v) is 6.70. The maximum absolute atomic E-state index is 11.8. The van der Waals surface area contributed by atoms with Crippen molar-refractivity contribution in [1.29, 1.82) is 0 Å². The maximum atomic E-state index is 11.8. The maximum Gasteiger partial charge on any atom is 0.234 e. The fraction of sp³-hybridized carbons (Fsp3) is 0.250. The number of aryl methyl sites for hydroxylation is 2. The molecular formula is C12H15N5OS. The highest BCUT2D eigenvalue weighted by Crippen LogP contribution is 2.19. The number of hydrogen-bond acceptors (Lipinski definition) is 5. The van der Waals surface area contributed by atoms with Crippen LogP contribution in [-0.4, -0.2) is 26.8 Å². The second kappa shape index (κ2) is 5.75. The standard InChI is InChI=1S/C12H15N5OS/c1-7-12(8(2)17-16-7)15-11(18)6-19-9-3-4-10(13)14-5-9/h3-5H,6H2,1-2H3,(H2,13,14)(H,15,18)(H,16,17). The minimum atomic E-state index is -0.0746. The molecule has 0 spiro atoms. The van der Waals surface area contributed by atoms with Crippen LogP contribution in [0.15, 0.2) is 23.2 Å². The minimum Gasteiger partial charge on any atom is -0.384 e. The normalized spacial score (nSPS) is 10.4. The van der Waals surface area contributed by atoms with Crippen molar-refractivity contribution in [2.75, 3.05) is 16.8 Å². The number of pyridine rings is 1. The number of thioether (sulfide) groups is 1. The molecule has 2 heterocycles. The van der Waals surface area contributed by atoms with Crippen LogP contribution in [0.5, 0.6) is 0 Å². The molecule has 0 aliphatic rings. The number of nitrogens with zero attached hydrogens (tertiary/aromatic N) is 2. The smallest absolute Gasteiger partial charge is 0.234 e. The second-order valence-electron chi connectivity index (χ2n) is 4.06. The van der Waals surface area contributed by atoms with Crippen LogP contribution in [0.3, 0.4) is 0 Å². The third-order valence-corrected chi connectivity index (χ3v) is 3.50. The van der Waals surface area contributed by atoms with E-state index in [-0.39, 0.29) is 5.91 Å². The summed E-state index contributed by atoms with van der Waals surface area (Å²) in [7, 11) is 0. The van der Waals surface area contributed by atoms with Crippen LogP contribution in [0.25, 0.3) is 0 Å². The Morgan fingerprint density at radius 2 is 2.26 bits per heavy atom. The van der Waals surface area contributed by atoms with E-state index in [4.69, 9.17) is 5.73 Å². The van der Waals surface area contributed by atoms with E-state index in [1.807, 2.05) is 19.9 Å². The van der Waals surface area contributed by atoms with Crippen LogP contribution < -0.4 is 11.1 Å². The molecule has 0 aliphatic carbocycles. The number of amides is 1. The van der Waals surface area contributed by atoms with Crippen molar-refractivity contribution in [3.8, 4) is 0 Å². The molecule has 4 N–H and O–H groups in total. The Bertz CT molecular complexity index is 559. The number of aromatic nitrogens is 3. The Kier molecular flexibility index (Phi) is 4.06. The van der Waals surface area contributed by atoms with E-state index < -0.39 is 0 Å². The van der Waals surface area contributed by atoms with Crippen molar-refractivity contribution in [3.63, 3.8) is 0 Å². The summed E-state index contributed by atoms with van der Waals surface area (Å²) in [6.45, 7) is 3.71. The van der Waals surface area contributed by atoms with Gasteiger partial charge in [-0.05, 0) is 26.0 Å². The van der Waals surface area contributed by atoms with Gasteiger partial charge < -0.3 is 11.1 Å². The van der Waals surface area contributed by atoms with Gasteiger partial charge in [-0.1, -0.05) is 0 Å². The molecule has 1 amide bonds. The first-order valence-electron chi connectivity index (χ1n) is 5.72. The summed E-state index contributed by atoms with van der Waals surface area (Å²) in [5, 5.41) is 9.70. The highest BCUT2D eigenvalue weighted by molar-refractivity contribution is 8.00. The monoisotopic (exact) mass is 277 g/mol. The predicted octanol–water partition coefficient (Wildman–Crippen LogP) is 1.73. The molecule has 0 bridgehead atoms. The largest absolute Gasteiger partial charge is 0.384 e. The van der Waals surface area contributed by atoms with Gasteiger partial charge in [-0.3, -0.25) is 9.89 Å². The first-order chi connectivity index (χ1) is 9.06. The van der Waals surface area contributed by atoms with Gasteiger partial charge in [0.15, 0.2) is 0 Å². The number of nitrogens with two attached hydrogens (primary N) is 1. The molecule has 100 valence electrons. The van der Waals surface area contributed by atoms with Crippen molar-refractivity contribution in [3.05, 3.63) is 29.7 Å². The van der Waals surface area contributed by atoms with E-state index in [1.54, 1.807) is 12.3 Å². The molecule has 0 saturated carbocycles. The molecule has 0 saturated heterocycles. The van der Waals surface area contributed by atoms with Gasteiger partial charge >= 0.3 is 0 Å². The van der Waals surface area contributed by atoms with Gasteiger partial charge in [-0.2, -0.15) is 5.10 Å². The van der Waals surface area contributed by atoms with Gasteiger partial charge in [0.25, 0.3) is 0 Å². The van der Waals surface area contributed by atoms with Crippen LogP contribution in [0.1, 0.15) is 11.4 Å². The Balaban J connectivity index is 1.90. The predicted molar refractivity (Wildman–Crippen MR) is 76.1 cm³/mol. The van der Waals surface area contributed by atoms with Gasteiger partial charge in [0, 0.05) is 11.1 Å². The highest BCUT2D eigenvalue weighted by Gasteiger charge is 2.10. The lowest BCUT2D eigenvalue weighted by Gasteiger charge is -2.05. The van der Waals surface area contributed by atoms with E-state index in [9.17, 15) is 4.79 Å². The van der Waals surface area contributed by atoms with E-state index in [2.05, 4.69) is 20.5 Å². The van der Waals surface area contributed by atoms with Gasteiger partial charge in [0.2, 0.25) is 5.91 Å². The number of carbonyl (C=O) groups excluding carboxylic acids is 1. The van der Waals surface area contributed by atoms with E-state index in [0.717, 1.165) is 22.0 Å². The summed E-state index contributed by atoms with van der Waals surface area (Å²) in [6.07, 6.45) is 1.65. The fourth-order valence-corrected chi connectivity index (χ4v) is 2.20. The summed E-state index contributed by atoms with van der Waals surface area (Å²) in [4.78, 5) is 16.7. The zero-order chi connectivity index (χ0) is 13.8. The van der Waals surface area contributed by atoms with Crippen LogP contribution in [0.4, 0.5) is 11.5 Å².